The number of carbonyl (C=O) groups excluding carboxylic acids is 14. The zero-order valence-electron chi connectivity index (χ0n) is 67.3. The number of anilines is 1. The predicted molar refractivity (Wildman–Crippen MR) is 413 cm³/mol. The molecule has 2 aromatic carbocycles. The topological polar surface area (TPSA) is 498 Å². The number of hydrogen-bond acceptors (Lipinski definition) is 21. The number of nitrogens with zero attached hydrogens (tertiary/aromatic N) is 4. The summed E-state index contributed by atoms with van der Waals surface area (Å²) in [4.78, 5) is 194. The molecule has 2 aromatic rings. The number of imide groups is 1. The van der Waals surface area contributed by atoms with Crippen LogP contribution in [-0.2, 0) is 83.1 Å². The number of amides is 15. The van der Waals surface area contributed by atoms with Crippen molar-refractivity contribution in [3.05, 3.63) is 77.9 Å². The fourth-order valence-corrected chi connectivity index (χ4v) is 14.1. The van der Waals surface area contributed by atoms with Gasteiger partial charge in [0, 0.05) is 78.6 Å². The number of hydrogen-bond donors (Lipinski definition) is 13. The fraction of sp³-hybridized carbons (Fsp3) is 0.641. The van der Waals surface area contributed by atoms with Crippen LogP contribution in [0, 0.1) is 29.6 Å². The molecule has 0 saturated carbocycles. The summed E-state index contributed by atoms with van der Waals surface area (Å²) in [6.45, 7) is 17.8. The Kier molecular flexibility index (Phi) is 37.6. The summed E-state index contributed by atoms with van der Waals surface area (Å²) >= 11 is 0. The van der Waals surface area contributed by atoms with E-state index in [2.05, 4.69) is 42.5 Å². The van der Waals surface area contributed by atoms with Gasteiger partial charge >= 0.3 is 12.1 Å². The molecule has 0 radical (unpaired) electrons. The number of urea groups is 1. The number of nitrogens with two attached hydrogens (primary N) is 2. The Morgan fingerprint density at radius 3 is 1.87 bits per heavy atom. The average Bonchev–Trinajstić information content (AvgIpc) is 1.55. The van der Waals surface area contributed by atoms with Gasteiger partial charge in [-0.25, -0.2) is 9.59 Å². The Hall–Kier alpha value is -9.68. The van der Waals surface area contributed by atoms with E-state index in [0.29, 0.717) is 49.8 Å². The zero-order chi connectivity index (χ0) is 84.2. The van der Waals surface area contributed by atoms with E-state index in [1.807, 2.05) is 19.9 Å². The van der Waals surface area contributed by atoms with Crippen LogP contribution in [0.2, 0.25) is 0 Å². The minimum Gasteiger partial charge on any atom is -0.445 e. The lowest BCUT2D eigenvalue weighted by atomic mass is 9.89. The van der Waals surface area contributed by atoms with Crippen LogP contribution in [0.5, 0.6) is 0 Å². The fourth-order valence-electron chi connectivity index (χ4n) is 14.1. The number of nitrogens with one attached hydrogen (secondary N) is 8. The van der Waals surface area contributed by atoms with Gasteiger partial charge in [-0.05, 0) is 98.8 Å². The highest BCUT2D eigenvalue weighted by atomic mass is 16.6. The van der Waals surface area contributed by atoms with Crippen molar-refractivity contribution >= 4 is 88.7 Å². The van der Waals surface area contributed by atoms with E-state index >= 15 is 0 Å². The third-order valence-electron chi connectivity index (χ3n) is 20.9. The standard InChI is InChI=1S/C78H120N14O21/c1-15-45(8)63(54(110-13)40-59(97)91-39-23-27-53(91)67(111-14)46(9)70(102)82-47(10)64(98)49-24-18-16-19-25-49)89(11)76(107)61(43(4)5)88-74(106)62(44(6)7)90(12)78(109)112-41-48-29-31-50(32-30-48)83-71(103)51(26-22-37-81-77(80)108)85-73(105)60(42(2)3)87-72(104)52(33-34-56(94)86-75-66(100)65(99)68(113-75)69(79)101)84-55(93)28-20-17-21-38-92-57(95)35-36-58(92)96/h16,18-19,24-25,29-32,35-36,42-47,51-54,60-68,75,98-100H,15,17,20-23,26-28,33-34,37-41H2,1-14H3,(H2,79,101)(H,82,102)(H,83,103)(H,84,93)(H,85,105)(H,86,94)(H,87,104)(H,88,106)(H3,80,81,108)/t45-,46+,47+,51-,52-,53-,54+,60-,61-,62-,63-,64+,65-,66+,67+,68-,75?/m0/s1. The van der Waals surface area contributed by atoms with E-state index in [-0.39, 0.29) is 75.2 Å². The number of aliphatic hydroxyl groups is 3. The van der Waals surface area contributed by atoms with Gasteiger partial charge in [-0.3, -0.25) is 67.3 Å². The van der Waals surface area contributed by atoms with E-state index in [0.717, 1.165) is 22.0 Å². The van der Waals surface area contributed by atoms with Crippen LogP contribution in [0.25, 0.3) is 0 Å². The summed E-state index contributed by atoms with van der Waals surface area (Å²) in [5.41, 5.74) is 11.9. The molecule has 0 spiro atoms. The number of rotatable bonds is 45. The Bertz CT molecular complexity index is 3590. The van der Waals surface area contributed by atoms with Crippen LogP contribution in [0.1, 0.15) is 164 Å². The third kappa shape index (κ3) is 27.3. The maximum atomic E-state index is 14.9. The Labute approximate surface area is 660 Å². The van der Waals surface area contributed by atoms with Crippen molar-refractivity contribution in [3.63, 3.8) is 0 Å². The molecule has 2 fully saturated rings. The molecule has 1 unspecified atom stereocenters. The molecule has 0 bridgehead atoms. The predicted octanol–water partition coefficient (Wildman–Crippen LogP) is 1.39. The molecule has 17 atom stereocenters. The smallest absolute Gasteiger partial charge is 0.410 e. The largest absolute Gasteiger partial charge is 0.445 e. The Morgan fingerprint density at radius 2 is 1.29 bits per heavy atom. The molecule has 35 heteroatoms. The number of primary amides is 2. The second-order valence-electron chi connectivity index (χ2n) is 30.3. The minimum atomic E-state index is -1.76. The summed E-state index contributed by atoms with van der Waals surface area (Å²) in [6, 6.07) is 6.07. The summed E-state index contributed by atoms with van der Waals surface area (Å²) in [5, 5.41) is 52.9. The van der Waals surface area contributed by atoms with Crippen LogP contribution in [0.15, 0.2) is 66.7 Å². The summed E-state index contributed by atoms with van der Waals surface area (Å²) in [6.07, 6.45) is -6.05. The number of aliphatic hydroxyl groups excluding tert-OH is 3. The molecular weight excluding hydrogens is 1470 g/mol. The molecule has 3 aliphatic rings. The summed E-state index contributed by atoms with van der Waals surface area (Å²) < 4.78 is 23.0. The molecular formula is C78H120N14O21. The number of likely N-dealkylation sites (N-methyl/N-ethyl adjacent to an activating group) is 2. The van der Waals surface area contributed by atoms with Gasteiger partial charge in [0.05, 0.1) is 48.8 Å². The lowest BCUT2D eigenvalue weighted by Gasteiger charge is -2.41. The molecule has 15 N–H and O–H groups in total. The first-order valence-corrected chi connectivity index (χ1v) is 38.7. The Morgan fingerprint density at radius 1 is 0.664 bits per heavy atom. The van der Waals surface area contributed by atoms with Crippen LogP contribution >= 0.6 is 0 Å². The quantitative estimate of drug-likeness (QED) is 0.0329. The third-order valence-corrected chi connectivity index (χ3v) is 20.9. The van der Waals surface area contributed by atoms with Crippen molar-refractivity contribution in [1.29, 1.82) is 0 Å². The number of ether oxygens (including phenoxy) is 4. The molecule has 113 heavy (non-hydrogen) atoms. The molecule has 628 valence electrons. The van der Waals surface area contributed by atoms with Gasteiger partial charge in [-0.2, -0.15) is 0 Å². The molecule has 15 amide bonds. The number of methoxy groups -OCH3 is 2. The van der Waals surface area contributed by atoms with E-state index in [1.54, 1.807) is 104 Å². The maximum Gasteiger partial charge on any atom is 0.410 e. The van der Waals surface area contributed by atoms with Crippen molar-refractivity contribution < 1.29 is 101 Å². The van der Waals surface area contributed by atoms with Crippen LogP contribution in [-0.4, -0.2) is 251 Å². The highest BCUT2D eigenvalue weighted by Gasteiger charge is 2.48. The van der Waals surface area contributed by atoms with E-state index < -0.39 is 199 Å². The highest BCUT2D eigenvalue weighted by Crippen LogP contribution is 2.31. The van der Waals surface area contributed by atoms with Crippen molar-refractivity contribution in [3.8, 4) is 0 Å². The molecule has 3 aliphatic heterocycles. The van der Waals surface area contributed by atoms with Crippen LogP contribution < -0.4 is 54.0 Å². The molecule has 3 heterocycles. The van der Waals surface area contributed by atoms with Crippen LogP contribution in [0.3, 0.4) is 0 Å². The molecule has 2 saturated heterocycles. The SMILES string of the molecule is CC[C@H](C)[C@@H]([C@@H](CC(=O)N1CCC[C@H]1[C@H](OC)[C@@H](C)C(=O)N[C@H](C)[C@@H](O)c1ccccc1)OC)N(C)C(=O)[C@@H](NC(=O)[C@H](C(C)C)N(C)C(=O)OCc1ccc(NC(=O)[C@H](CCCNC(N)=O)NC(=O)[C@@H](NC(=O)[C@H](CCC(=O)NC2O[C@H](C(N)=O)[C@@H](O)[C@H]2O)NC(=O)CCCCCN2C(=O)C=CC2=O)C(C)C)cc1)C(C)C. The zero-order valence-corrected chi connectivity index (χ0v) is 67.3. The maximum absolute atomic E-state index is 14.9. The van der Waals surface area contributed by atoms with Crippen molar-refractivity contribution in [2.45, 2.75) is 244 Å². The van der Waals surface area contributed by atoms with Crippen molar-refractivity contribution in [2.24, 2.45) is 41.1 Å². The van der Waals surface area contributed by atoms with Gasteiger partial charge in [0.1, 0.15) is 49.0 Å². The van der Waals surface area contributed by atoms with Gasteiger partial charge in [0.15, 0.2) is 12.3 Å². The molecule has 0 aromatic heterocycles. The lowest BCUT2D eigenvalue weighted by molar-refractivity contribution is -0.148. The molecule has 35 nitrogen and oxygen atoms in total. The average molecular weight is 1590 g/mol. The number of likely N-dealkylation sites (tertiary alicyclic amines) is 1. The number of carbonyl (C=O) groups is 14. The first-order valence-electron chi connectivity index (χ1n) is 38.7. The second-order valence-corrected chi connectivity index (χ2v) is 30.3. The normalized spacial score (nSPS) is 19.9. The first kappa shape index (κ1) is 93.9. The van der Waals surface area contributed by atoms with Crippen molar-refractivity contribution in [2.75, 3.05) is 53.3 Å². The van der Waals surface area contributed by atoms with E-state index in [4.69, 9.17) is 30.4 Å². The summed E-state index contributed by atoms with van der Waals surface area (Å²) in [7, 11) is 5.99. The van der Waals surface area contributed by atoms with Gasteiger partial charge in [-0.1, -0.05) is 118 Å². The van der Waals surface area contributed by atoms with E-state index in [1.165, 1.54) is 38.3 Å². The highest BCUT2D eigenvalue weighted by molar-refractivity contribution is 6.13. The number of unbranched alkanes of at least 4 members (excludes halogenated alkanes) is 2. The van der Waals surface area contributed by atoms with Gasteiger partial charge in [0.25, 0.3) is 11.8 Å². The monoisotopic (exact) mass is 1590 g/mol. The minimum absolute atomic E-state index is 0.00188. The second kappa shape index (κ2) is 45.3. The summed E-state index contributed by atoms with van der Waals surface area (Å²) in [5.74, 6) is -10.3. The van der Waals surface area contributed by atoms with Gasteiger partial charge in [0.2, 0.25) is 59.1 Å². The Balaban J connectivity index is 1.22. The number of benzene rings is 2. The van der Waals surface area contributed by atoms with Crippen molar-refractivity contribution in [1.82, 2.24) is 56.8 Å². The van der Waals surface area contributed by atoms with Gasteiger partial charge in [-0.15, -0.1) is 0 Å². The molecule has 0 aliphatic carbocycles. The van der Waals surface area contributed by atoms with Crippen LogP contribution in [0.4, 0.5) is 15.3 Å². The van der Waals surface area contributed by atoms with Gasteiger partial charge < -0.3 is 98.1 Å². The first-order chi connectivity index (χ1) is 53.4. The molecule has 5 rings (SSSR count). The van der Waals surface area contributed by atoms with E-state index in [9.17, 15) is 82.4 Å². The lowest BCUT2D eigenvalue weighted by Crippen LogP contribution is -2.60.